The molecule has 12 heteroatoms. The van der Waals surface area contributed by atoms with Crippen molar-refractivity contribution in [1.29, 1.82) is 0 Å². The first kappa shape index (κ1) is 26.9. The molecule has 41 heavy (non-hydrogen) atoms. The molecule has 0 unspecified atom stereocenters. The van der Waals surface area contributed by atoms with Gasteiger partial charge in [0.2, 0.25) is 5.89 Å². The van der Waals surface area contributed by atoms with Crippen LogP contribution in [-0.2, 0) is 11.8 Å². The molecule has 6 rings (SSSR count). The summed E-state index contributed by atoms with van der Waals surface area (Å²) >= 11 is 1.88. The minimum absolute atomic E-state index is 0.0435. The summed E-state index contributed by atoms with van der Waals surface area (Å²) in [7, 11) is 0. The van der Waals surface area contributed by atoms with Crippen molar-refractivity contribution in [3.05, 3.63) is 110 Å². The van der Waals surface area contributed by atoms with Gasteiger partial charge in [0.1, 0.15) is 11.6 Å². The molecule has 1 aliphatic rings. The van der Waals surface area contributed by atoms with Crippen molar-refractivity contribution >= 4 is 40.1 Å². The van der Waals surface area contributed by atoms with Crippen molar-refractivity contribution in [2.24, 2.45) is 0 Å². The quantitative estimate of drug-likeness (QED) is 0.207. The first-order valence-corrected chi connectivity index (χ1v) is 14.1. The number of aromatic amines is 2. The molecule has 0 radical (unpaired) electrons. The van der Waals surface area contributed by atoms with Crippen molar-refractivity contribution in [2.45, 2.75) is 24.7 Å². The van der Waals surface area contributed by atoms with Crippen LogP contribution >= 0.6 is 22.6 Å². The molecule has 2 aromatic carbocycles. The molecule has 0 saturated carbocycles. The minimum Gasteiger partial charge on any atom is -0.392 e. The Morgan fingerprint density at radius 1 is 1.02 bits per heavy atom. The van der Waals surface area contributed by atoms with Crippen LogP contribution in [0.5, 0.6) is 0 Å². The van der Waals surface area contributed by atoms with Gasteiger partial charge in [-0.1, -0.05) is 36.4 Å². The number of pyridine rings is 1. The fourth-order valence-corrected chi connectivity index (χ4v) is 5.75. The molecule has 1 aliphatic heterocycles. The van der Waals surface area contributed by atoms with Gasteiger partial charge in [0.05, 0.1) is 11.0 Å². The third-order valence-electron chi connectivity index (χ3n) is 7.34. The van der Waals surface area contributed by atoms with Gasteiger partial charge in [-0.2, -0.15) is 5.10 Å². The highest BCUT2D eigenvalue weighted by atomic mass is 127. The standard InChI is InChI=1S/C29H25FIN7O3/c30-25-21(7-4-8-22(25)31)26(39)38-13-10-29(11-14-38,27-36-37-28(40)41-27)17-20-15-19(18-5-2-1-3-6-18)16-24(33-20)34-23-9-12-32-35-23/h1-9,12,15-16H,10-11,13-14,17H2,(H,37,40)(H2,32,33,34,35). The van der Waals surface area contributed by atoms with Gasteiger partial charge < -0.3 is 14.6 Å². The Balaban J connectivity index is 1.33. The van der Waals surface area contributed by atoms with E-state index < -0.39 is 17.0 Å². The predicted octanol–water partition coefficient (Wildman–Crippen LogP) is 5.05. The third-order valence-corrected chi connectivity index (χ3v) is 8.18. The van der Waals surface area contributed by atoms with Crippen LogP contribution in [0.4, 0.5) is 16.0 Å². The zero-order valence-corrected chi connectivity index (χ0v) is 23.9. The van der Waals surface area contributed by atoms with Crippen molar-refractivity contribution in [3.8, 4) is 11.1 Å². The van der Waals surface area contributed by atoms with Gasteiger partial charge in [-0.15, -0.1) is 5.10 Å². The Morgan fingerprint density at radius 3 is 2.54 bits per heavy atom. The number of piperidine rings is 1. The Kier molecular flexibility index (Phi) is 7.39. The van der Waals surface area contributed by atoms with Gasteiger partial charge in [-0.3, -0.25) is 9.89 Å². The summed E-state index contributed by atoms with van der Waals surface area (Å²) in [6.45, 7) is 0.661. The molecule has 1 saturated heterocycles. The highest BCUT2D eigenvalue weighted by molar-refractivity contribution is 14.1. The summed E-state index contributed by atoms with van der Waals surface area (Å²) in [6.07, 6.45) is 3.00. The van der Waals surface area contributed by atoms with Crippen LogP contribution in [0.3, 0.4) is 0 Å². The molecule has 1 amide bonds. The van der Waals surface area contributed by atoms with E-state index in [9.17, 15) is 14.0 Å². The van der Waals surface area contributed by atoms with E-state index in [1.807, 2.05) is 65.1 Å². The molecule has 0 atom stereocenters. The van der Waals surface area contributed by atoms with Crippen LogP contribution in [0.15, 0.2) is 82.1 Å². The van der Waals surface area contributed by atoms with Crippen LogP contribution in [-0.4, -0.2) is 49.3 Å². The zero-order chi connectivity index (χ0) is 28.4. The number of nitrogens with zero attached hydrogens (tertiary/aromatic N) is 4. The molecular formula is C29H25FIN7O3. The van der Waals surface area contributed by atoms with Gasteiger partial charge in [-0.05, 0) is 70.8 Å². The van der Waals surface area contributed by atoms with E-state index in [0.717, 1.165) is 16.8 Å². The van der Waals surface area contributed by atoms with Crippen molar-refractivity contribution < 1.29 is 13.6 Å². The summed E-state index contributed by atoms with van der Waals surface area (Å²) in [5.74, 6) is -0.0421. The molecule has 0 bridgehead atoms. The van der Waals surface area contributed by atoms with Gasteiger partial charge in [0.25, 0.3) is 5.91 Å². The number of H-pyrrole nitrogens is 2. The number of benzene rings is 2. The number of hydrogen-bond acceptors (Lipinski definition) is 7. The van der Waals surface area contributed by atoms with Crippen LogP contribution in [0.2, 0.25) is 0 Å². The summed E-state index contributed by atoms with van der Waals surface area (Å²) in [5, 5.41) is 16.8. The van der Waals surface area contributed by atoms with Crippen molar-refractivity contribution in [1.82, 2.24) is 30.3 Å². The number of carbonyl (C=O) groups excluding carboxylic acids is 1. The second-order valence-electron chi connectivity index (χ2n) is 9.95. The average Bonchev–Trinajstić information content (AvgIpc) is 3.67. The molecule has 3 aromatic heterocycles. The summed E-state index contributed by atoms with van der Waals surface area (Å²) in [4.78, 5) is 31.7. The van der Waals surface area contributed by atoms with Crippen molar-refractivity contribution in [3.63, 3.8) is 0 Å². The molecule has 1 fully saturated rings. The number of amides is 1. The molecule has 3 N–H and O–H groups in total. The molecule has 5 aromatic rings. The Hall–Kier alpha value is -4.33. The molecule has 10 nitrogen and oxygen atoms in total. The Morgan fingerprint density at radius 2 is 1.83 bits per heavy atom. The van der Waals surface area contributed by atoms with Crippen LogP contribution < -0.4 is 11.1 Å². The lowest BCUT2D eigenvalue weighted by Crippen LogP contribution is -2.46. The van der Waals surface area contributed by atoms with E-state index in [-0.39, 0.29) is 17.4 Å². The highest BCUT2D eigenvalue weighted by Crippen LogP contribution is 2.38. The second-order valence-corrected chi connectivity index (χ2v) is 11.1. The van der Waals surface area contributed by atoms with E-state index >= 15 is 0 Å². The number of anilines is 2. The number of nitrogens with one attached hydrogen (secondary N) is 3. The smallest absolute Gasteiger partial charge is 0.392 e. The molecule has 208 valence electrons. The topological polar surface area (TPSA) is 133 Å². The predicted molar refractivity (Wildman–Crippen MR) is 158 cm³/mol. The lowest BCUT2D eigenvalue weighted by atomic mass is 9.74. The summed E-state index contributed by atoms with van der Waals surface area (Å²) in [5.41, 5.74) is 2.04. The average molecular weight is 665 g/mol. The van der Waals surface area contributed by atoms with E-state index in [1.54, 1.807) is 29.3 Å². The monoisotopic (exact) mass is 665 g/mol. The summed E-state index contributed by atoms with van der Waals surface area (Å²) < 4.78 is 20.6. The molecular weight excluding hydrogens is 640 g/mol. The van der Waals surface area contributed by atoms with Gasteiger partial charge in [-0.25, -0.2) is 19.3 Å². The highest BCUT2D eigenvalue weighted by Gasteiger charge is 2.42. The molecule has 4 heterocycles. The van der Waals surface area contributed by atoms with Crippen LogP contribution in [0.25, 0.3) is 11.1 Å². The number of rotatable bonds is 7. The fraction of sp³-hybridized carbons (Fsp3) is 0.207. The lowest BCUT2D eigenvalue weighted by Gasteiger charge is -2.39. The number of halogens is 2. The normalized spacial score (nSPS) is 14.6. The van der Waals surface area contributed by atoms with Gasteiger partial charge in [0.15, 0.2) is 5.82 Å². The number of likely N-dealkylation sites (tertiary alicyclic amines) is 1. The maximum Gasteiger partial charge on any atom is 0.434 e. The van der Waals surface area contributed by atoms with Gasteiger partial charge in [0, 0.05) is 41.0 Å². The van der Waals surface area contributed by atoms with Crippen LogP contribution in [0, 0.1) is 9.39 Å². The maximum atomic E-state index is 14.7. The number of aromatic nitrogens is 5. The Bertz CT molecular complexity index is 1730. The first-order chi connectivity index (χ1) is 19.9. The SMILES string of the molecule is O=C(c1cccc(I)c1F)N1CCC(Cc2cc(-c3ccccc3)cc(Nc3cc[nH]n3)n2)(c2n[nH]c(=O)o2)CC1. The fourth-order valence-electron chi connectivity index (χ4n) is 5.25. The number of carbonyl (C=O) groups is 1. The van der Waals surface area contributed by atoms with Crippen molar-refractivity contribution in [2.75, 3.05) is 18.4 Å². The zero-order valence-electron chi connectivity index (χ0n) is 21.7. The van der Waals surface area contributed by atoms with E-state index in [4.69, 9.17) is 9.40 Å². The third kappa shape index (κ3) is 5.64. The van der Waals surface area contributed by atoms with E-state index in [2.05, 4.69) is 25.7 Å². The maximum absolute atomic E-state index is 14.7. The first-order valence-electron chi connectivity index (χ1n) is 13.0. The molecule has 0 spiro atoms. The minimum atomic E-state index is -0.717. The van der Waals surface area contributed by atoms with E-state index in [1.165, 1.54) is 6.07 Å². The number of hydrogen-bond donors (Lipinski definition) is 3. The largest absolute Gasteiger partial charge is 0.434 e. The Labute approximate surface area is 247 Å². The summed E-state index contributed by atoms with van der Waals surface area (Å²) in [6, 6.07) is 20.5. The lowest BCUT2D eigenvalue weighted by molar-refractivity contribution is 0.0636. The molecule has 0 aliphatic carbocycles. The van der Waals surface area contributed by atoms with Crippen LogP contribution in [0.1, 0.15) is 34.8 Å². The van der Waals surface area contributed by atoms with E-state index in [0.29, 0.717) is 47.6 Å². The second kappa shape index (κ2) is 11.3. The van der Waals surface area contributed by atoms with Gasteiger partial charge >= 0.3 is 5.76 Å².